The first-order chi connectivity index (χ1) is 9.69. The molecule has 0 saturated carbocycles. The van der Waals surface area contributed by atoms with Crippen LogP contribution in [0.3, 0.4) is 0 Å². The minimum Gasteiger partial charge on any atom is -0.496 e. The maximum absolute atomic E-state index is 12.2. The summed E-state index contributed by atoms with van der Waals surface area (Å²) in [6, 6.07) is 5.19. The van der Waals surface area contributed by atoms with Crippen molar-refractivity contribution in [3.63, 3.8) is 0 Å². The molecule has 0 bridgehead atoms. The van der Waals surface area contributed by atoms with Crippen LogP contribution in [0.5, 0.6) is 5.75 Å². The van der Waals surface area contributed by atoms with E-state index in [2.05, 4.69) is 6.92 Å². The fraction of sp³-hybridized carbons (Fsp3) is 0.588. The molecule has 0 fully saturated rings. The van der Waals surface area contributed by atoms with E-state index in [1.165, 1.54) is 32.1 Å². The Bertz CT molecular complexity index is 415. The maximum atomic E-state index is 12.2. The van der Waals surface area contributed by atoms with E-state index in [0.29, 0.717) is 22.8 Å². The molecule has 0 spiro atoms. The van der Waals surface area contributed by atoms with Crippen molar-refractivity contribution >= 4 is 17.4 Å². The first kappa shape index (κ1) is 17.0. The summed E-state index contributed by atoms with van der Waals surface area (Å²) in [5, 5.41) is 0.578. The lowest BCUT2D eigenvalue weighted by Crippen LogP contribution is -2.02. The molecule has 0 N–H and O–H groups in total. The third-order valence-electron chi connectivity index (χ3n) is 3.47. The Labute approximate surface area is 127 Å². The molecule has 0 saturated heterocycles. The van der Waals surface area contributed by atoms with E-state index in [4.69, 9.17) is 16.3 Å². The number of methoxy groups -OCH3 is 1. The zero-order chi connectivity index (χ0) is 14.8. The molecule has 1 aromatic rings. The molecule has 0 aliphatic carbocycles. The van der Waals surface area contributed by atoms with Gasteiger partial charge in [0.1, 0.15) is 5.75 Å². The van der Waals surface area contributed by atoms with E-state index >= 15 is 0 Å². The molecule has 2 nitrogen and oxygen atoms in total. The zero-order valence-electron chi connectivity index (χ0n) is 12.6. The van der Waals surface area contributed by atoms with Crippen molar-refractivity contribution in [2.45, 2.75) is 58.3 Å². The predicted octanol–water partition coefficient (Wildman–Crippen LogP) is 5.67. The van der Waals surface area contributed by atoms with Gasteiger partial charge in [-0.25, -0.2) is 0 Å². The van der Waals surface area contributed by atoms with Crippen LogP contribution in [0, 0.1) is 0 Å². The molecule has 0 amide bonds. The van der Waals surface area contributed by atoms with E-state index in [1.54, 1.807) is 25.3 Å². The van der Waals surface area contributed by atoms with Gasteiger partial charge in [0.2, 0.25) is 0 Å². The standard InChI is InChI=1S/C17H25ClO2/c1-3-4-5-6-7-8-9-10-16(19)15-13-14(18)11-12-17(15)20-2/h11-13H,3-10H2,1-2H3. The van der Waals surface area contributed by atoms with Gasteiger partial charge in [0.15, 0.2) is 5.78 Å². The fourth-order valence-electron chi connectivity index (χ4n) is 2.28. The Morgan fingerprint density at radius 1 is 1.10 bits per heavy atom. The average Bonchev–Trinajstić information content (AvgIpc) is 2.46. The van der Waals surface area contributed by atoms with E-state index in [9.17, 15) is 4.79 Å². The minimum atomic E-state index is 0.123. The van der Waals surface area contributed by atoms with Crippen molar-refractivity contribution in [3.8, 4) is 5.75 Å². The summed E-state index contributed by atoms with van der Waals surface area (Å²) in [6.07, 6.45) is 9.05. The third kappa shape index (κ3) is 5.96. The van der Waals surface area contributed by atoms with Gasteiger partial charge in [-0.1, -0.05) is 57.0 Å². The lowest BCUT2D eigenvalue weighted by Gasteiger charge is -2.08. The van der Waals surface area contributed by atoms with Crippen molar-refractivity contribution in [2.24, 2.45) is 0 Å². The van der Waals surface area contributed by atoms with Crippen molar-refractivity contribution in [3.05, 3.63) is 28.8 Å². The Kier molecular flexibility index (Phi) is 8.36. The number of carbonyl (C=O) groups excluding carboxylic acids is 1. The molecule has 0 aliphatic rings. The quantitative estimate of drug-likeness (QED) is 0.410. The SMILES string of the molecule is CCCCCCCCCC(=O)c1cc(Cl)ccc1OC. The number of ketones is 1. The molecule has 1 rings (SSSR count). The topological polar surface area (TPSA) is 26.3 Å². The monoisotopic (exact) mass is 296 g/mol. The lowest BCUT2D eigenvalue weighted by molar-refractivity contribution is 0.0976. The average molecular weight is 297 g/mol. The van der Waals surface area contributed by atoms with E-state index in [0.717, 1.165) is 12.8 Å². The Morgan fingerprint density at radius 3 is 2.40 bits per heavy atom. The number of hydrogen-bond acceptors (Lipinski definition) is 2. The number of hydrogen-bond donors (Lipinski definition) is 0. The van der Waals surface area contributed by atoms with Crippen molar-refractivity contribution in [1.82, 2.24) is 0 Å². The zero-order valence-corrected chi connectivity index (χ0v) is 13.3. The van der Waals surface area contributed by atoms with E-state index in [-0.39, 0.29) is 5.78 Å². The molecule has 0 aromatic heterocycles. The van der Waals surface area contributed by atoms with E-state index in [1.807, 2.05) is 0 Å². The second kappa shape index (κ2) is 9.82. The highest BCUT2D eigenvalue weighted by Gasteiger charge is 2.12. The summed E-state index contributed by atoms with van der Waals surface area (Å²) in [6.45, 7) is 2.22. The predicted molar refractivity (Wildman–Crippen MR) is 84.9 cm³/mol. The highest BCUT2D eigenvalue weighted by atomic mass is 35.5. The van der Waals surface area contributed by atoms with Crippen LogP contribution in [0.1, 0.15) is 68.6 Å². The van der Waals surface area contributed by atoms with Gasteiger partial charge < -0.3 is 4.74 Å². The van der Waals surface area contributed by atoms with Crippen LogP contribution >= 0.6 is 11.6 Å². The van der Waals surface area contributed by atoms with Gasteiger partial charge in [-0.15, -0.1) is 0 Å². The number of carbonyl (C=O) groups is 1. The first-order valence-electron chi connectivity index (χ1n) is 7.55. The first-order valence-corrected chi connectivity index (χ1v) is 7.93. The molecule has 20 heavy (non-hydrogen) atoms. The molecule has 0 radical (unpaired) electrons. The summed E-state index contributed by atoms with van der Waals surface area (Å²) in [7, 11) is 1.58. The number of Topliss-reactive ketones (excluding diaryl/α,β-unsaturated/α-hetero) is 1. The van der Waals surface area contributed by atoms with Gasteiger partial charge in [0.05, 0.1) is 12.7 Å². The fourth-order valence-corrected chi connectivity index (χ4v) is 2.45. The lowest BCUT2D eigenvalue weighted by atomic mass is 10.0. The smallest absolute Gasteiger partial charge is 0.166 e. The summed E-state index contributed by atoms with van der Waals surface area (Å²) in [5.74, 6) is 0.736. The van der Waals surface area contributed by atoms with Crippen molar-refractivity contribution in [1.29, 1.82) is 0 Å². The Morgan fingerprint density at radius 2 is 1.75 bits per heavy atom. The molecule has 0 heterocycles. The third-order valence-corrected chi connectivity index (χ3v) is 3.70. The number of unbranched alkanes of at least 4 members (excludes halogenated alkanes) is 6. The number of benzene rings is 1. The number of ether oxygens (including phenoxy) is 1. The van der Waals surface area contributed by atoms with Crippen LogP contribution in [0.2, 0.25) is 5.02 Å². The van der Waals surface area contributed by atoms with Gasteiger partial charge >= 0.3 is 0 Å². The van der Waals surface area contributed by atoms with Crippen LogP contribution < -0.4 is 4.74 Å². The summed E-state index contributed by atoms with van der Waals surface area (Å²) in [4.78, 5) is 12.2. The van der Waals surface area contributed by atoms with Gasteiger partial charge in [0.25, 0.3) is 0 Å². The second-order valence-electron chi connectivity index (χ2n) is 5.14. The summed E-state index contributed by atoms with van der Waals surface area (Å²) < 4.78 is 5.21. The van der Waals surface area contributed by atoms with Crippen molar-refractivity contribution < 1.29 is 9.53 Å². The van der Waals surface area contributed by atoms with Crippen LogP contribution in [0.15, 0.2) is 18.2 Å². The van der Waals surface area contributed by atoms with Crippen LogP contribution in [-0.4, -0.2) is 12.9 Å². The number of halogens is 1. The van der Waals surface area contributed by atoms with E-state index < -0.39 is 0 Å². The summed E-state index contributed by atoms with van der Waals surface area (Å²) in [5.41, 5.74) is 0.603. The molecule has 1 aromatic carbocycles. The normalized spacial score (nSPS) is 10.6. The molecule has 112 valence electrons. The molecular weight excluding hydrogens is 272 g/mol. The Hall–Kier alpha value is -1.02. The molecule has 3 heteroatoms. The van der Waals surface area contributed by atoms with Gasteiger partial charge in [-0.3, -0.25) is 4.79 Å². The molecule has 0 atom stereocenters. The molecular formula is C17H25ClO2. The highest BCUT2D eigenvalue weighted by Crippen LogP contribution is 2.24. The van der Waals surface area contributed by atoms with Gasteiger partial charge in [0, 0.05) is 11.4 Å². The van der Waals surface area contributed by atoms with Crippen LogP contribution in [-0.2, 0) is 0 Å². The summed E-state index contributed by atoms with van der Waals surface area (Å²) >= 11 is 5.94. The van der Waals surface area contributed by atoms with Crippen LogP contribution in [0.25, 0.3) is 0 Å². The van der Waals surface area contributed by atoms with Gasteiger partial charge in [-0.05, 0) is 24.6 Å². The van der Waals surface area contributed by atoms with Crippen molar-refractivity contribution in [2.75, 3.05) is 7.11 Å². The molecule has 0 unspecified atom stereocenters. The minimum absolute atomic E-state index is 0.123. The second-order valence-corrected chi connectivity index (χ2v) is 5.58. The largest absolute Gasteiger partial charge is 0.496 e. The maximum Gasteiger partial charge on any atom is 0.166 e. The van der Waals surface area contributed by atoms with Crippen LogP contribution in [0.4, 0.5) is 0 Å². The number of rotatable bonds is 10. The van der Waals surface area contributed by atoms with Gasteiger partial charge in [-0.2, -0.15) is 0 Å². The molecule has 0 aliphatic heterocycles. The Balaban J connectivity index is 2.34. The highest BCUT2D eigenvalue weighted by molar-refractivity contribution is 6.31.